The van der Waals surface area contributed by atoms with Crippen LogP contribution in [0.4, 0.5) is 5.69 Å². The molecule has 0 saturated heterocycles. The third-order valence-corrected chi connectivity index (χ3v) is 4.83. The topological polar surface area (TPSA) is 73.2 Å². The highest BCUT2D eigenvalue weighted by Gasteiger charge is 2.13. The molecule has 3 rings (SSSR count). The maximum Gasteiger partial charge on any atom is 0.228 e. The number of hydrogen-bond donors (Lipinski definition) is 1. The van der Waals surface area contributed by atoms with Gasteiger partial charge in [-0.1, -0.05) is 11.6 Å². The van der Waals surface area contributed by atoms with Crippen LogP contribution >= 0.6 is 11.6 Å². The lowest BCUT2D eigenvalue weighted by molar-refractivity contribution is -0.116. The van der Waals surface area contributed by atoms with Crippen LogP contribution < -0.4 is 10.1 Å². The number of nitrogens with zero attached hydrogens (tertiary/aromatic N) is 2. The Morgan fingerprint density at radius 1 is 1.17 bits per heavy atom. The quantitative estimate of drug-likeness (QED) is 0.440. The molecule has 2 aromatic carbocycles. The SMILES string of the molecule is Cc1cc(OCCCC(=O)Nc2ccc(C(=O)c3nccn3C)cc2)ccc1Cl. The molecule has 0 unspecified atom stereocenters. The van der Waals surface area contributed by atoms with Gasteiger partial charge in [0.25, 0.3) is 0 Å². The van der Waals surface area contributed by atoms with Crippen LogP contribution in [0.5, 0.6) is 5.75 Å². The van der Waals surface area contributed by atoms with E-state index in [0.717, 1.165) is 11.3 Å². The maximum atomic E-state index is 12.4. The molecule has 0 aliphatic carbocycles. The average Bonchev–Trinajstić information content (AvgIpc) is 3.14. The van der Waals surface area contributed by atoms with E-state index in [9.17, 15) is 9.59 Å². The van der Waals surface area contributed by atoms with Crippen LogP contribution in [-0.4, -0.2) is 27.8 Å². The minimum atomic E-state index is -0.162. The number of imidazole rings is 1. The molecule has 3 aromatic rings. The predicted octanol–water partition coefficient (Wildman–Crippen LogP) is 4.41. The number of ketones is 1. The molecule has 29 heavy (non-hydrogen) atoms. The number of nitrogens with one attached hydrogen (secondary N) is 1. The zero-order chi connectivity index (χ0) is 20.8. The average molecular weight is 412 g/mol. The highest BCUT2D eigenvalue weighted by Crippen LogP contribution is 2.21. The van der Waals surface area contributed by atoms with E-state index < -0.39 is 0 Å². The van der Waals surface area contributed by atoms with Gasteiger partial charge in [0.05, 0.1) is 6.61 Å². The van der Waals surface area contributed by atoms with Crippen molar-refractivity contribution < 1.29 is 14.3 Å². The van der Waals surface area contributed by atoms with Crippen LogP contribution in [0.25, 0.3) is 0 Å². The van der Waals surface area contributed by atoms with E-state index in [1.54, 1.807) is 54.3 Å². The van der Waals surface area contributed by atoms with Crippen molar-refractivity contribution in [1.82, 2.24) is 9.55 Å². The molecule has 1 amide bonds. The Morgan fingerprint density at radius 2 is 1.93 bits per heavy atom. The van der Waals surface area contributed by atoms with Crippen molar-refractivity contribution in [3.05, 3.63) is 76.8 Å². The van der Waals surface area contributed by atoms with Crippen molar-refractivity contribution in [2.45, 2.75) is 19.8 Å². The lowest BCUT2D eigenvalue weighted by Crippen LogP contribution is -2.13. The van der Waals surface area contributed by atoms with E-state index in [4.69, 9.17) is 16.3 Å². The fraction of sp³-hybridized carbons (Fsp3) is 0.227. The molecule has 1 heterocycles. The number of aromatic nitrogens is 2. The molecule has 0 saturated carbocycles. The van der Waals surface area contributed by atoms with Crippen molar-refractivity contribution >= 4 is 29.0 Å². The molecule has 0 bridgehead atoms. The highest BCUT2D eigenvalue weighted by molar-refractivity contribution is 6.31. The molecule has 0 radical (unpaired) electrons. The molecular formula is C22H22ClN3O3. The Bertz CT molecular complexity index is 1010. The van der Waals surface area contributed by atoms with Crippen molar-refractivity contribution in [2.24, 2.45) is 7.05 Å². The first kappa shape index (κ1) is 20.6. The van der Waals surface area contributed by atoms with Gasteiger partial charge in [0.2, 0.25) is 11.7 Å². The molecule has 0 aliphatic heterocycles. The van der Waals surface area contributed by atoms with Crippen LogP contribution in [0.3, 0.4) is 0 Å². The summed E-state index contributed by atoms with van der Waals surface area (Å²) < 4.78 is 7.32. The van der Waals surface area contributed by atoms with E-state index in [2.05, 4.69) is 10.3 Å². The lowest BCUT2D eigenvalue weighted by atomic mass is 10.1. The third kappa shape index (κ3) is 5.45. The number of anilines is 1. The summed E-state index contributed by atoms with van der Waals surface area (Å²) in [5.41, 5.74) is 2.11. The fourth-order valence-corrected chi connectivity index (χ4v) is 2.89. The summed E-state index contributed by atoms with van der Waals surface area (Å²) >= 11 is 5.99. The summed E-state index contributed by atoms with van der Waals surface area (Å²) in [6.45, 7) is 2.35. The third-order valence-electron chi connectivity index (χ3n) is 4.40. The van der Waals surface area contributed by atoms with Gasteiger partial charge in [-0.15, -0.1) is 0 Å². The van der Waals surface area contributed by atoms with Crippen molar-refractivity contribution in [1.29, 1.82) is 0 Å². The molecule has 6 nitrogen and oxygen atoms in total. The first-order valence-electron chi connectivity index (χ1n) is 9.25. The van der Waals surface area contributed by atoms with Gasteiger partial charge in [-0.05, 0) is 61.4 Å². The number of carbonyl (C=O) groups is 2. The first-order valence-corrected chi connectivity index (χ1v) is 9.63. The number of aryl methyl sites for hydroxylation is 2. The molecule has 0 fully saturated rings. The fourth-order valence-electron chi connectivity index (χ4n) is 2.77. The van der Waals surface area contributed by atoms with Gasteiger partial charge in [0.15, 0.2) is 5.82 Å². The van der Waals surface area contributed by atoms with Crippen LogP contribution in [0, 0.1) is 6.92 Å². The number of ether oxygens (including phenoxy) is 1. The van der Waals surface area contributed by atoms with Gasteiger partial charge in [0, 0.05) is 42.1 Å². The number of hydrogen-bond acceptors (Lipinski definition) is 4. The van der Waals surface area contributed by atoms with Gasteiger partial charge in [-0.3, -0.25) is 9.59 Å². The summed E-state index contributed by atoms with van der Waals surface area (Å²) in [6.07, 6.45) is 4.23. The second-order valence-electron chi connectivity index (χ2n) is 6.68. The number of rotatable bonds is 8. The molecular weight excluding hydrogens is 390 g/mol. The summed E-state index contributed by atoms with van der Waals surface area (Å²) in [5, 5.41) is 3.52. The molecule has 150 valence electrons. The van der Waals surface area contributed by atoms with Crippen LogP contribution in [-0.2, 0) is 11.8 Å². The smallest absolute Gasteiger partial charge is 0.228 e. The normalized spacial score (nSPS) is 10.6. The lowest BCUT2D eigenvalue weighted by Gasteiger charge is -2.09. The van der Waals surface area contributed by atoms with Gasteiger partial charge in [-0.25, -0.2) is 4.98 Å². The molecule has 0 atom stereocenters. The van der Waals surface area contributed by atoms with Gasteiger partial charge in [-0.2, -0.15) is 0 Å². The van der Waals surface area contributed by atoms with E-state index in [-0.39, 0.29) is 11.7 Å². The van der Waals surface area contributed by atoms with E-state index in [1.807, 2.05) is 19.1 Å². The molecule has 7 heteroatoms. The zero-order valence-electron chi connectivity index (χ0n) is 16.3. The monoisotopic (exact) mass is 411 g/mol. The van der Waals surface area contributed by atoms with E-state index in [1.165, 1.54) is 0 Å². The maximum absolute atomic E-state index is 12.4. The van der Waals surface area contributed by atoms with E-state index >= 15 is 0 Å². The number of carbonyl (C=O) groups excluding carboxylic acids is 2. The Labute approximate surface area is 174 Å². The van der Waals surface area contributed by atoms with Crippen molar-refractivity contribution in [3.8, 4) is 5.75 Å². The van der Waals surface area contributed by atoms with Gasteiger partial charge < -0.3 is 14.6 Å². The van der Waals surface area contributed by atoms with Crippen LogP contribution in [0.2, 0.25) is 5.02 Å². The number of halogens is 1. The standard InChI is InChI=1S/C22H22ClN3O3/c1-15-14-18(9-10-19(15)23)29-13-3-4-20(27)25-17-7-5-16(6-8-17)21(28)22-24-11-12-26(22)2/h5-12,14H,3-4,13H2,1-2H3,(H,25,27). The molecule has 1 N–H and O–H groups in total. The van der Waals surface area contributed by atoms with Crippen LogP contribution in [0.15, 0.2) is 54.9 Å². The van der Waals surface area contributed by atoms with Crippen molar-refractivity contribution in [3.63, 3.8) is 0 Å². The van der Waals surface area contributed by atoms with Crippen LogP contribution in [0.1, 0.15) is 34.6 Å². The minimum Gasteiger partial charge on any atom is -0.494 e. The largest absolute Gasteiger partial charge is 0.494 e. The van der Waals surface area contributed by atoms with Gasteiger partial charge in [0.1, 0.15) is 5.75 Å². The number of benzene rings is 2. The Morgan fingerprint density at radius 3 is 2.59 bits per heavy atom. The minimum absolute atomic E-state index is 0.107. The number of amides is 1. The van der Waals surface area contributed by atoms with E-state index in [0.29, 0.717) is 41.5 Å². The predicted molar refractivity (Wildman–Crippen MR) is 113 cm³/mol. The first-order chi connectivity index (χ1) is 13.9. The summed E-state index contributed by atoms with van der Waals surface area (Å²) in [7, 11) is 1.77. The van der Waals surface area contributed by atoms with Crippen molar-refractivity contribution in [2.75, 3.05) is 11.9 Å². The Balaban J connectivity index is 1.45. The Kier molecular flexibility index (Phi) is 6.67. The summed E-state index contributed by atoms with van der Waals surface area (Å²) in [4.78, 5) is 28.6. The second-order valence-corrected chi connectivity index (χ2v) is 7.09. The molecule has 0 aliphatic rings. The zero-order valence-corrected chi connectivity index (χ0v) is 17.1. The van der Waals surface area contributed by atoms with Gasteiger partial charge >= 0.3 is 0 Å². The summed E-state index contributed by atoms with van der Waals surface area (Å²) in [5.74, 6) is 0.840. The second kappa shape index (κ2) is 9.39. The Hall–Kier alpha value is -3.12. The summed E-state index contributed by atoms with van der Waals surface area (Å²) in [6, 6.07) is 12.2. The highest BCUT2D eigenvalue weighted by atomic mass is 35.5. The molecule has 1 aromatic heterocycles. The molecule has 0 spiro atoms.